The number of benzene rings is 4. The van der Waals surface area contributed by atoms with Crippen LogP contribution in [-0.2, 0) is 0 Å². The van der Waals surface area contributed by atoms with E-state index in [1.54, 1.807) is 0 Å². The Morgan fingerprint density at radius 1 is 0.714 bits per heavy atom. The van der Waals surface area contributed by atoms with Crippen molar-refractivity contribution in [2.24, 2.45) is 0 Å². The van der Waals surface area contributed by atoms with Crippen LogP contribution < -0.4 is 5.32 Å². The Hall–Kier alpha value is -3.65. The van der Waals surface area contributed by atoms with Crippen molar-refractivity contribution in [2.45, 2.75) is 6.92 Å². The summed E-state index contributed by atoms with van der Waals surface area (Å²) in [4.78, 5) is 4.99. The third-order valence-corrected chi connectivity index (χ3v) is 5.10. The fraction of sp³-hybridized carbons (Fsp3) is 0.0385. The van der Waals surface area contributed by atoms with Crippen LogP contribution in [0.1, 0.15) is 5.56 Å². The van der Waals surface area contributed by atoms with E-state index >= 15 is 0 Å². The third kappa shape index (κ3) is 2.99. The summed E-state index contributed by atoms with van der Waals surface area (Å²) in [5, 5.41) is 7.20. The number of aromatic nitrogens is 1. The van der Waals surface area contributed by atoms with E-state index in [9.17, 15) is 0 Å². The Kier molecular flexibility index (Phi) is 4.02. The molecule has 2 nitrogen and oxygen atoms in total. The van der Waals surface area contributed by atoms with Gasteiger partial charge in [-0.1, -0.05) is 78.4 Å². The lowest BCUT2D eigenvalue weighted by molar-refractivity contribution is 1.38. The highest BCUT2D eigenvalue weighted by atomic mass is 14.9. The molecule has 28 heavy (non-hydrogen) atoms. The number of para-hydroxylation sites is 1. The van der Waals surface area contributed by atoms with Gasteiger partial charge in [-0.25, -0.2) is 4.98 Å². The van der Waals surface area contributed by atoms with Crippen LogP contribution >= 0.6 is 0 Å². The quantitative estimate of drug-likeness (QED) is 0.347. The van der Waals surface area contributed by atoms with Crippen molar-refractivity contribution in [3.05, 3.63) is 103 Å². The number of hydrogen-bond acceptors (Lipinski definition) is 2. The van der Waals surface area contributed by atoms with Crippen LogP contribution in [0.25, 0.3) is 32.9 Å². The lowest BCUT2D eigenvalue weighted by Gasteiger charge is -2.14. The maximum atomic E-state index is 4.99. The van der Waals surface area contributed by atoms with Gasteiger partial charge >= 0.3 is 0 Å². The van der Waals surface area contributed by atoms with Gasteiger partial charge in [-0.15, -0.1) is 0 Å². The molecule has 0 saturated heterocycles. The van der Waals surface area contributed by atoms with Crippen molar-refractivity contribution in [1.29, 1.82) is 0 Å². The third-order valence-electron chi connectivity index (χ3n) is 5.10. The van der Waals surface area contributed by atoms with E-state index in [4.69, 9.17) is 4.98 Å². The van der Waals surface area contributed by atoms with E-state index in [-0.39, 0.29) is 0 Å². The van der Waals surface area contributed by atoms with Gasteiger partial charge in [0.25, 0.3) is 0 Å². The zero-order chi connectivity index (χ0) is 18.9. The number of anilines is 2. The highest BCUT2D eigenvalue weighted by Gasteiger charge is 2.11. The first-order chi connectivity index (χ1) is 13.8. The minimum atomic E-state index is 0.973. The number of aryl methyl sites for hydroxylation is 1. The molecule has 1 heterocycles. The SMILES string of the molecule is Cc1ccc(-c2cc(Nc3ccccc3)c3c(ccc4ccccc43)n2)cc1. The Morgan fingerprint density at radius 3 is 2.29 bits per heavy atom. The minimum absolute atomic E-state index is 0.973. The summed E-state index contributed by atoms with van der Waals surface area (Å²) in [5.41, 5.74) is 6.48. The van der Waals surface area contributed by atoms with Crippen LogP contribution in [0, 0.1) is 6.92 Å². The fourth-order valence-corrected chi connectivity index (χ4v) is 3.65. The van der Waals surface area contributed by atoms with Gasteiger partial charge in [0.1, 0.15) is 0 Å². The molecule has 0 fully saturated rings. The molecule has 5 aromatic rings. The summed E-state index contributed by atoms with van der Waals surface area (Å²) in [5.74, 6) is 0. The summed E-state index contributed by atoms with van der Waals surface area (Å²) in [6, 6.07) is 33.7. The first-order valence-electron chi connectivity index (χ1n) is 9.49. The van der Waals surface area contributed by atoms with Crippen molar-refractivity contribution in [2.75, 3.05) is 5.32 Å². The lowest BCUT2D eigenvalue weighted by Crippen LogP contribution is -1.96. The number of nitrogens with zero attached hydrogens (tertiary/aromatic N) is 1. The molecule has 0 aliphatic heterocycles. The minimum Gasteiger partial charge on any atom is -0.355 e. The molecular formula is C26H20N2. The van der Waals surface area contributed by atoms with Crippen molar-refractivity contribution >= 4 is 33.1 Å². The second-order valence-electron chi connectivity index (χ2n) is 7.09. The van der Waals surface area contributed by atoms with Gasteiger partial charge in [0.15, 0.2) is 0 Å². The molecule has 0 atom stereocenters. The summed E-state index contributed by atoms with van der Waals surface area (Å²) >= 11 is 0. The summed E-state index contributed by atoms with van der Waals surface area (Å²) in [6.45, 7) is 2.10. The second-order valence-corrected chi connectivity index (χ2v) is 7.09. The largest absolute Gasteiger partial charge is 0.355 e. The molecule has 134 valence electrons. The van der Waals surface area contributed by atoms with Crippen LogP contribution in [0.15, 0.2) is 97.1 Å². The molecule has 0 saturated carbocycles. The van der Waals surface area contributed by atoms with Crippen LogP contribution in [0.3, 0.4) is 0 Å². The lowest BCUT2D eigenvalue weighted by atomic mass is 10.0. The molecule has 0 radical (unpaired) electrons. The van der Waals surface area contributed by atoms with Crippen LogP contribution in [0.4, 0.5) is 11.4 Å². The number of rotatable bonds is 3. The Labute approximate surface area is 164 Å². The highest BCUT2D eigenvalue weighted by molar-refractivity contribution is 6.13. The summed E-state index contributed by atoms with van der Waals surface area (Å²) in [7, 11) is 0. The van der Waals surface area contributed by atoms with E-state index in [1.165, 1.54) is 16.3 Å². The normalized spacial score (nSPS) is 11.0. The molecule has 2 heteroatoms. The molecule has 1 N–H and O–H groups in total. The number of fused-ring (bicyclic) bond motifs is 3. The number of hydrogen-bond donors (Lipinski definition) is 1. The molecule has 0 unspecified atom stereocenters. The van der Waals surface area contributed by atoms with E-state index in [0.717, 1.165) is 33.5 Å². The van der Waals surface area contributed by atoms with E-state index < -0.39 is 0 Å². The van der Waals surface area contributed by atoms with Gasteiger partial charge in [0.05, 0.1) is 16.9 Å². The van der Waals surface area contributed by atoms with Gasteiger partial charge in [0, 0.05) is 16.6 Å². The Morgan fingerprint density at radius 2 is 1.46 bits per heavy atom. The van der Waals surface area contributed by atoms with Gasteiger partial charge < -0.3 is 5.32 Å². The first kappa shape index (κ1) is 16.5. The molecule has 0 amide bonds. The van der Waals surface area contributed by atoms with Crippen molar-refractivity contribution in [3.8, 4) is 11.3 Å². The fourth-order valence-electron chi connectivity index (χ4n) is 3.65. The predicted molar refractivity (Wildman–Crippen MR) is 119 cm³/mol. The van der Waals surface area contributed by atoms with E-state index in [1.807, 2.05) is 18.2 Å². The van der Waals surface area contributed by atoms with Gasteiger partial charge in [-0.2, -0.15) is 0 Å². The molecule has 4 aromatic carbocycles. The molecule has 5 rings (SSSR count). The maximum Gasteiger partial charge on any atom is 0.0736 e. The average molecular weight is 360 g/mol. The van der Waals surface area contributed by atoms with E-state index in [0.29, 0.717) is 0 Å². The van der Waals surface area contributed by atoms with Crippen LogP contribution in [0.2, 0.25) is 0 Å². The standard InChI is InChI=1S/C26H20N2/c1-18-11-13-20(14-12-18)24-17-25(27-21-8-3-2-4-9-21)26-22-10-6-5-7-19(22)15-16-23(26)28-24/h2-17H,1H3,(H,27,28). The first-order valence-corrected chi connectivity index (χ1v) is 9.49. The smallest absolute Gasteiger partial charge is 0.0736 e. The predicted octanol–water partition coefficient (Wildman–Crippen LogP) is 7.11. The van der Waals surface area contributed by atoms with E-state index in [2.05, 4.69) is 91.1 Å². The second kappa shape index (κ2) is 6.82. The highest BCUT2D eigenvalue weighted by Crippen LogP contribution is 2.35. The van der Waals surface area contributed by atoms with Crippen molar-refractivity contribution in [1.82, 2.24) is 4.98 Å². The molecule has 0 aliphatic rings. The Balaban J connectivity index is 1.78. The molecule has 0 bridgehead atoms. The van der Waals surface area contributed by atoms with Gasteiger partial charge in [-0.05, 0) is 42.0 Å². The zero-order valence-corrected chi connectivity index (χ0v) is 15.7. The van der Waals surface area contributed by atoms with Crippen molar-refractivity contribution in [3.63, 3.8) is 0 Å². The number of pyridine rings is 1. The van der Waals surface area contributed by atoms with Crippen LogP contribution in [-0.4, -0.2) is 4.98 Å². The van der Waals surface area contributed by atoms with Crippen LogP contribution in [0.5, 0.6) is 0 Å². The molecule has 0 spiro atoms. The number of nitrogens with one attached hydrogen (secondary N) is 1. The zero-order valence-electron chi connectivity index (χ0n) is 15.7. The molecule has 0 aliphatic carbocycles. The molecular weight excluding hydrogens is 340 g/mol. The van der Waals surface area contributed by atoms with Gasteiger partial charge in [0.2, 0.25) is 0 Å². The maximum absolute atomic E-state index is 4.99. The van der Waals surface area contributed by atoms with Crippen molar-refractivity contribution < 1.29 is 0 Å². The average Bonchev–Trinajstić information content (AvgIpc) is 2.74. The Bertz CT molecular complexity index is 1270. The topological polar surface area (TPSA) is 24.9 Å². The van der Waals surface area contributed by atoms with Gasteiger partial charge in [-0.3, -0.25) is 0 Å². The summed E-state index contributed by atoms with van der Waals surface area (Å²) < 4.78 is 0. The monoisotopic (exact) mass is 360 g/mol. The summed E-state index contributed by atoms with van der Waals surface area (Å²) in [6.07, 6.45) is 0. The molecule has 1 aromatic heterocycles.